The molecule has 0 aliphatic heterocycles. The van der Waals surface area contributed by atoms with Gasteiger partial charge < -0.3 is 5.32 Å². The molecule has 0 fully saturated rings. The van der Waals surface area contributed by atoms with E-state index in [1.165, 1.54) is 11.1 Å². The van der Waals surface area contributed by atoms with Gasteiger partial charge in [0, 0.05) is 22.0 Å². The Hall–Kier alpha value is -3.20. The molecule has 0 radical (unpaired) electrons. The summed E-state index contributed by atoms with van der Waals surface area (Å²) in [6.45, 7) is 8.88. The van der Waals surface area contributed by atoms with Crippen LogP contribution in [0.15, 0.2) is 72.8 Å². The number of anilines is 2. The normalized spacial score (nSPS) is 11.6. The number of nitrogens with zero attached hydrogens (tertiary/aromatic N) is 2. The first kappa shape index (κ1) is 18.2. The fraction of sp³-hybridized carbons (Fsp3) is 0.200. The standard InChI is InChI=1S/C25H25N3/c1-17-16-19(14-15-22(17)25(2,3)4)26-24-21-13-9-8-12-20(21)23(27-28-24)18-10-6-5-7-11-18/h5-16H,1-4H3,(H,26,28). The van der Waals surface area contributed by atoms with E-state index in [4.69, 9.17) is 0 Å². The highest BCUT2D eigenvalue weighted by Crippen LogP contribution is 2.32. The second-order valence-corrected chi connectivity index (χ2v) is 8.21. The number of aromatic nitrogens is 2. The van der Waals surface area contributed by atoms with Gasteiger partial charge in [-0.15, -0.1) is 10.2 Å². The Morgan fingerprint density at radius 2 is 1.43 bits per heavy atom. The van der Waals surface area contributed by atoms with E-state index in [2.05, 4.69) is 85.7 Å². The zero-order chi connectivity index (χ0) is 19.7. The second kappa shape index (κ2) is 7.08. The highest BCUT2D eigenvalue weighted by Gasteiger charge is 2.17. The van der Waals surface area contributed by atoms with Crippen LogP contribution in [0.25, 0.3) is 22.0 Å². The first-order valence-electron chi connectivity index (χ1n) is 9.62. The number of aryl methyl sites for hydroxylation is 1. The van der Waals surface area contributed by atoms with Gasteiger partial charge in [-0.1, -0.05) is 81.4 Å². The number of fused-ring (bicyclic) bond motifs is 1. The van der Waals surface area contributed by atoms with E-state index < -0.39 is 0 Å². The van der Waals surface area contributed by atoms with Gasteiger partial charge in [0.1, 0.15) is 5.69 Å². The molecular weight excluding hydrogens is 342 g/mol. The fourth-order valence-electron chi connectivity index (χ4n) is 3.73. The summed E-state index contributed by atoms with van der Waals surface area (Å²) >= 11 is 0. The van der Waals surface area contributed by atoms with Crippen LogP contribution in [0, 0.1) is 6.92 Å². The molecule has 0 aliphatic carbocycles. The molecule has 0 spiro atoms. The van der Waals surface area contributed by atoms with Crippen LogP contribution in [-0.2, 0) is 5.41 Å². The quantitative estimate of drug-likeness (QED) is 0.441. The summed E-state index contributed by atoms with van der Waals surface area (Å²) in [5, 5.41) is 14.7. The van der Waals surface area contributed by atoms with Crippen LogP contribution in [-0.4, -0.2) is 10.2 Å². The molecule has 0 saturated carbocycles. The van der Waals surface area contributed by atoms with Gasteiger partial charge >= 0.3 is 0 Å². The van der Waals surface area contributed by atoms with Crippen LogP contribution in [0.2, 0.25) is 0 Å². The van der Waals surface area contributed by atoms with Gasteiger partial charge in [-0.2, -0.15) is 0 Å². The number of rotatable bonds is 3. The van der Waals surface area contributed by atoms with E-state index in [9.17, 15) is 0 Å². The predicted molar refractivity (Wildman–Crippen MR) is 118 cm³/mol. The van der Waals surface area contributed by atoms with Gasteiger partial charge in [-0.25, -0.2) is 0 Å². The molecule has 0 amide bonds. The summed E-state index contributed by atoms with van der Waals surface area (Å²) in [6.07, 6.45) is 0. The molecule has 28 heavy (non-hydrogen) atoms. The van der Waals surface area contributed by atoms with E-state index in [0.717, 1.165) is 33.5 Å². The molecule has 4 rings (SSSR count). The molecule has 0 aliphatic rings. The number of hydrogen-bond donors (Lipinski definition) is 1. The van der Waals surface area contributed by atoms with Crippen molar-refractivity contribution in [2.75, 3.05) is 5.32 Å². The van der Waals surface area contributed by atoms with Crippen molar-refractivity contribution in [2.45, 2.75) is 33.1 Å². The lowest BCUT2D eigenvalue weighted by molar-refractivity contribution is 0.586. The molecule has 1 N–H and O–H groups in total. The fourth-order valence-corrected chi connectivity index (χ4v) is 3.73. The van der Waals surface area contributed by atoms with Crippen molar-refractivity contribution in [3.8, 4) is 11.3 Å². The van der Waals surface area contributed by atoms with Crippen LogP contribution in [0.1, 0.15) is 31.9 Å². The molecule has 0 unspecified atom stereocenters. The SMILES string of the molecule is Cc1cc(Nc2nnc(-c3ccccc3)c3ccccc23)ccc1C(C)(C)C. The average Bonchev–Trinajstić information content (AvgIpc) is 2.68. The van der Waals surface area contributed by atoms with E-state index in [-0.39, 0.29) is 5.41 Å². The summed E-state index contributed by atoms with van der Waals surface area (Å²) < 4.78 is 0. The van der Waals surface area contributed by atoms with E-state index in [1.807, 2.05) is 30.3 Å². The van der Waals surface area contributed by atoms with Crippen molar-refractivity contribution in [3.05, 3.63) is 83.9 Å². The molecule has 0 bridgehead atoms. The zero-order valence-electron chi connectivity index (χ0n) is 16.8. The Labute approximate surface area is 166 Å². The minimum absolute atomic E-state index is 0.131. The lowest BCUT2D eigenvalue weighted by Gasteiger charge is -2.22. The highest BCUT2D eigenvalue weighted by atomic mass is 15.2. The Kier molecular flexibility index (Phi) is 4.60. The first-order valence-corrected chi connectivity index (χ1v) is 9.62. The Morgan fingerprint density at radius 1 is 0.750 bits per heavy atom. The molecule has 1 heterocycles. The van der Waals surface area contributed by atoms with E-state index in [0.29, 0.717) is 0 Å². The van der Waals surface area contributed by atoms with Gasteiger partial charge in [-0.05, 0) is 35.6 Å². The molecule has 1 aromatic heterocycles. The van der Waals surface area contributed by atoms with Crippen molar-refractivity contribution in [1.29, 1.82) is 0 Å². The molecule has 3 aromatic carbocycles. The Bertz CT molecular complexity index is 1130. The van der Waals surface area contributed by atoms with E-state index >= 15 is 0 Å². The van der Waals surface area contributed by atoms with Gasteiger partial charge in [-0.3, -0.25) is 0 Å². The topological polar surface area (TPSA) is 37.8 Å². The van der Waals surface area contributed by atoms with Crippen molar-refractivity contribution < 1.29 is 0 Å². The largest absolute Gasteiger partial charge is 0.338 e. The maximum Gasteiger partial charge on any atom is 0.161 e. The van der Waals surface area contributed by atoms with Gasteiger partial charge in [0.05, 0.1) is 0 Å². The third kappa shape index (κ3) is 3.48. The molecule has 3 heteroatoms. The van der Waals surface area contributed by atoms with E-state index in [1.54, 1.807) is 0 Å². The molecule has 0 saturated heterocycles. The summed E-state index contributed by atoms with van der Waals surface area (Å²) in [4.78, 5) is 0. The van der Waals surface area contributed by atoms with Crippen LogP contribution in [0.5, 0.6) is 0 Å². The van der Waals surface area contributed by atoms with Crippen LogP contribution < -0.4 is 5.32 Å². The maximum atomic E-state index is 4.54. The summed E-state index contributed by atoms with van der Waals surface area (Å²) in [6, 6.07) is 25.0. The Morgan fingerprint density at radius 3 is 2.11 bits per heavy atom. The summed E-state index contributed by atoms with van der Waals surface area (Å²) in [7, 11) is 0. The number of hydrogen-bond acceptors (Lipinski definition) is 3. The van der Waals surface area contributed by atoms with Gasteiger partial charge in [0.15, 0.2) is 5.82 Å². The van der Waals surface area contributed by atoms with Gasteiger partial charge in [0.25, 0.3) is 0 Å². The Balaban J connectivity index is 1.76. The van der Waals surface area contributed by atoms with Crippen LogP contribution in [0.3, 0.4) is 0 Å². The molecule has 4 aromatic rings. The second-order valence-electron chi connectivity index (χ2n) is 8.21. The van der Waals surface area contributed by atoms with Crippen molar-refractivity contribution in [3.63, 3.8) is 0 Å². The van der Waals surface area contributed by atoms with Gasteiger partial charge in [0.2, 0.25) is 0 Å². The number of benzene rings is 3. The molecule has 3 nitrogen and oxygen atoms in total. The highest BCUT2D eigenvalue weighted by molar-refractivity contribution is 6.00. The molecular formula is C25H25N3. The third-order valence-corrected chi connectivity index (χ3v) is 5.03. The minimum atomic E-state index is 0.131. The molecule has 0 atom stereocenters. The van der Waals surface area contributed by atoms with Crippen molar-refractivity contribution >= 4 is 22.3 Å². The lowest BCUT2D eigenvalue weighted by Crippen LogP contribution is -2.13. The number of nitrogens with one attached hydrogen (secondary N) is 1. The summed E-state index contributed by atoms with van der Waals surface area (Å²) in [5.74, 6) is 0.776. The van der Waals surface area contributed by atoms with Crippen LogP contribution >= 0.6 is 0 Å². The lowest BCUT2D eigenvalue weighted by atomic mass is 9.84. The molecule has 140 valence electrons. The van der Waals surface area contributed by atoms with Crippen molar-refractivity contribution in [2.24, 2.45) is 0 Å². The van der Waals surface area contributed by atoms with Crippen molar-refractivity contribution in [1.82, 2.24) is 10.2 Å². The average molecular weight is 367 g/mol. The maximum absolute atomic E-state index is 4.54. The zero-order valence-corrected chi connectivity index (χ0v) is 16.8. The smallest absolute Gasteiger partial charge is 0.161 e. The minimum Gasteiger partial charge on any atom is -0.338 e. The first-order chi connectivity index (χ1) is 13.4. The summed E-state index contributed by atoms with van der Waals surface area (Å²) in [5.41, 5.74) is 5.76. The monoisotopic (exact) mass is 367 g/mol. The third-order valence-electron chi connectivity index (χ3n) is 5.03. The van der Waals surface area contributed by atoms with Crippen LogP contribution in [0.4, 0.5) is 11.5 Å². The predicted octanol–water partition coefficient (Wildman–Crippen LogP) is 6.65.